The van der Waals surface area contributed by atoms with E-state index in [1.165, 1.54) is 0 Å². The fourth-order valence-electron chi connectivity index (χ4n) is 2.54. The molecule has 0 aromatic heterocycles. The molecule has 1 aromatic rings. The first kappa shape index (κ1) is 18.6. The summed E-state index contributed by atoms with van der Waals surface area (Å²) in [7, 11) is 1.36. The van der Waals surface area contributed by atoms with Crippen LogP contribution in [0.15, 0.2) is 23.7 Å². The van der Waals surface area contributed by atoms with Gasteiger partial charge in [-0.25, -0.2) is 0 Å². The second-order valence-corrected chi connectivity index (χ2v) is 7.01. The zero-order chi connectivity index (χ0) is 18.0. The van der Waals surface area contributed by atoms with Gasteiger partial charge in [-0.15, -0.1) is 0 Å². The number of hydrogen-bond donors (Lipinski definition) is 1. The van der Waals surface area contributed by atoms with Gasteiger partial charge in [0, 0.05) is 17.7 Å². The molecule has 1 N–H and O–H groups in total. The summed E-state index contributed by atoms with van der Waals surface area (Å²) in [5, 5.41) is 3.11. The summed E-state index contributed by atoms with van der Waals surface area (Å²) < 4.78 is 12.2. The summed E-state index contributed by atoms with van der Waals surface area (Å²) in [4.78, 5) is 22.1. The third kappa shape index (κ3) is 3.83. The summed E-state index contributed by atoms with van der Waals surface area (Å²) in [5.41, 5.74) is 1.73. The van der Waals surface area contributed by atoms with Crippen molar-refractivity contribution < 1.29 is 18.9 Å². The van der Waals surface area contributed by atoms with Gasteiger partial charge in [0.25, 0.3) is 0 Å². The SMILES string of the molecule is CNCC(=Cc1cc(C=O)cc(C=O)c1)B1OC(C)(C)C(C)(C)O1. The van der Waals surface area contributed by atoms with Crippen molar-refractivity contribution in [3.8, 4) is 0 Å². The highest BCUT2D eigenvalue weighted by Crippen LogP contribution is 2.38. The van der Waals surface area contributed by atoms with Crippen molar-refractivity contribution in [1.29, 1.82) is 0 Å². The Morgan fingerprint density at radius 2 is 1.46 bits per heavy atom. The predicted molar refractivity (Wildman–Crippen MR) is 95.2 cm³/mol. The molecular weight excluding hydrogens is 305 g/mol. The van der Waals surface area contributed by atoms with Crippen LogP contribution in [0.25, 0.3) is 6.08 Å². The Morgan fingerprint density at radius 1 is 1.00 bits per heavy atom. The third-order valence-electron chi connectivity index (χ3n) is 4.56. The molecule has 1 heterocycles. The van der Waals surface area contributed by atoms with Gasteiger partial charge in [0.1, 0.15) is 12.6 Å². The van der Waals surface area contributed by atoms with Crippen molar-refractivity contribution >= 4 is 25.8 Å². The van der Waals surface area contributed by atoms with E-state index >= 15 is 0 Å². The number of aldehydes is 2. The Balaban J connectivity index is 2.39. The van der Waals surface area contributed by atoms with Gasteiger partial charge < -0.3 is 14.6 Å². The number of carbonyl (C=O) groups is 2. The van der Waals surface area contributed by atoms with Gasteiger partial charge in [0.15, 0.2) is 0 Å². The zero-order valence-corrected chi connectivity index (χ0v) is 14.9. The van der Waals surface area contributed by atoms with E-state index in [-0.39, 0.29) is 0 Å². The van der Waals surface area contributed by atoms with Crippen molar-refractivity contribution in [2.24, 2.45) is 0 Å². The van der Waals surface area contributed by atoms with Crippen molar-refractivity contribution in [3.63, 3.8) is 0 Å². The van der Waals surface area contributed by atoms with Gasteiger partial charge in [-0.1, -0.05) is 6.08 Å². The van der Waals surface area contributed by atoms with Crippen molar-refractivity contribution in [1.82, 2.24) is 5.32 Å². The van der Waals surface area contributed by atoms with Crippen LogP contribution in [-0.4, -0.2) is 44.5 Å². The van der Waals surface area contributed by atoms with E-state index in [1.54, 1.807) is 18.2 Å². The van der Waals surface area contributed by atoms with E-state index in [4.69, 9.17) is 9.31 Å². The van der Waals surface area contributed by atoms with E-state index in [9.17, 15) is 9.59 Å². The molecule has 1 saturated heterocycles. The molecule has 0 saturated carbocycles. The molecule has 1 aromatic carbocycles. The second-order valence-electron chi connectivity index (χ2n) is 7.01. The first-order chi connectivity index (χ1) is 11.2. The molecule has 0 amide bonds. The number of rotatable bonds is 6. The lowest BCUT2D eigenvalue weighted by atomic mass is 9.77. The summed E-state index contributed by atoms with van der Waals surface area (Å²) in [6.45, 7) is 8.57. The Kier molecular flexibility index (Phi) is 5.43. The van der Waals surface area contributed by atoms with Crippen LogP contribution < -0.4 is 5.32 Å². The molecule has 0 aliphatic carbocycles. The quantitative estimate of drug-likeness (QED) is 0.642. The smallest absolute Gasteiger partial charge is 0.400 e. The van der Waals surface area contributed by atoms with Crippen LogP contribution in [0.2, 0.25) is 0 Å². The van der Waals surface area contributed by atoms with Gasteiger partial charge in [-0.3, -0.25) is 9.59 Å². The topological polar surface area (TPSA) is 64.6 Å². The van der Waals surface area contributed by atoms with Crippen molar-refractivity contribution in [3.05, 3.63) is 40.4 Å². The van der Waals surface area contributed by atoms with Crippen LogP contribution in [-0.2, 0) is 9.31 Å². The number of hydrogen-bond acceptors (Lipinski definition) is 5. The summed E-state index contributed by atoms with van der Waals surface area (Å²) in [6, 6.07) is 5.03. The first-order valence-electron chi connectivity index (χ1n) is 7.98. The molecule has 6 heteroatoms. The second kappa shape index (κ2) is 7.01. The van der Waals surface area contributed by atoms with Crippen LogP contribution in [0.5, 0.6) is 0 Å². The Labute approximate surface area is 143 Å². The van der Waals surface area contributed by atoms with Crippen LogP contribution in [0.3, 0.4) is 0 Å². The standard InChI is InChI=1S/C18H24BNO4/c1-17(2)18(3,4)24-19(23-17)16(10-20-5)9-13-6-14(11-21)8-15(7-13)12-22/h6-9,11-12,20H,10H2,1-5H3. The zero-order valence-electron chi connectivity index (χ0n) is 14.9. The molecule has 5 nitrogen and oxygen atoms in total. The largest absolute Gasteiger partial charge is 0.491 e. The average molecular weight is 329 g/mol. The fourth-order valence-corrected chi connectivity index (χ4v) is 2.54. The number of carbonyl (C=O) groups excluding carboxylic acids is 2. The van der Waals surface area contributed by atoms with E-state index in [2.05, 4.69) is 5.32 Å². The molecule has 0 bridgehead atoms. The molecule has 0 radical (unpaired) electrons. The molecule has 128 valence electrons. The third-order valence-corrected chi connectivity index (χ3v) is 4.56. The summed E-state index contributed by atoms with van der Waals surface area (Å²) in [6.07, 6.45) is 3.37. The summed E-state index contributed by atoms with van der Waals surface area (Å²) in [5.74, 6) is 0. The average Bonchev–Trinajstić information content (AvgIpc) is 2.74. The van der Waals surface area contributed by atoms with Gasteiger partial charge >= 0.3 is 7.12 Å². The number of benzene rings is 1. The van der Waals surface area contributed by atoms with Crippen LogP contribution >= 0.6 is 0 Å². The molecule has 1 fully saturated rings. The number of nitrogens with one attached hydrogen (secondary N) is 1. The van der Waals surface area contributed by atoms with E-state index in [0.717, 1.165) is 23.6 Å². The lowest BCUT2D eigenvalue weighted by Gasteiger charge is -2.32. The Hall–Kier alpha value is -1.76. The van der Waals surface area contributed by atoms with Gasteiger partial charge in [0.2, 0.25) is 0 Å². The monoisotopic (exact) mass is 329 g/mol. The predicted octanol–water partition coefficient (Wildman–Crippen LogP) is 2.55. The minimum absolute atomic E-state index is 0.427. The molecule has 0 unspecified atom stereocenters. The molecule has 0 atom stereocenters. The maximum absolute atomic E-state index is 11.1. The lowest BCUT2D eigenvalue weighted by Crippen LogP contribution is -2.41. The number of likely N-dealkylation sites (N-methyl/N-ethyl adjacent to an activating group) is 1. The fraction of sp³-hybridized carbons (Fsp3) is 0.444. The minimum atomic E-state index is -0.484. The van der Waals surface area contributed by atoms with Crippen molar-refractivity contribution in [2.75, 3.05) is 13.6 Å². The van der Waals surface area contributed by atoms with Crippen LogP contribution in [0.4, 0.5) is 0 Å². The molecule has 0 spiro atoms. The van der Waals surface area contributed by atoms with E-state index < -0.39 is 18.3 Å². The molecule has 1 aliphatic rings. The Morgan fingerprint density at radius 3 is 1.88 bits per heavy atom. The minimum Gasteiger partial charge on any atom is -0.400 e. The molecule has 1 aliphatic heterocycles. The maximum Gasteiger partial charge on any atom is 0.491 e. The molecular formula is C18H24BNO4. The maximum atomic E-state index is 11.1. The highest BCUT2D eigenvalue weighted by molar-refractivity contribution is 6.55. The van der Waals surface area contributed by atoms with Gasteiger partial charge in [0.05, 0.1) is 11.2 Å². The van der Waals surface area contributed by atoms with Crippen LogP contribution in [0, 0.1) is 0 Å². The lowest BCUT2D eigenvalue weighted by molar-refractivity contribution is 0.00578. The molecule has 2 rings (SSSR count). The van der Waals surface area contributed by atoms with Crippen molar-refractivity contribution in [2.45, 2.75) is 38.9 Å². The highest BCUT2D eigenvalue weighted by Gasteiger charge is 2.52. The molecule has 24 heavy (non-hydrogen) atoms. The summed E-state index contributed by atoms with van der Waals surface area (Å²) >= 11 is 0. The first-order valence-corrected chi connectivity index (χ1v) is 7.98. The van der Waals surface area contributed by atoms with E-state index in [0.29, 0.717) is 17.7 Å². The normalized spacial score (nSPS) is 19.4. The van der Waals surface area contributed by atoms with Gasteiger partial charge in [-0.2, -0.15) is 0 Å². The Bertz CT molecular complexity index is 625. The van der Waals surface area contributed by atoms with Crippen LogP contribution in [0.1, 0.15) is 54.0 Å². The van der Waals surface area contributed by atoms with E-state index in [1.807, 2.05) is 40.8 Å². The highest BCUT2D eigenvalue weighted by atomic mass is 16.7. The van der Waals surface area contributed by atoms with Gasteiger partial charge in [-0.05, 0) is 64.0 Å².